The van der Waals surface area contributed by atoms with Gasteiger partial charge in [0.25, 0.3) is 0 Å². The summed E-state index contributed by atoms with van der Waals surface area (Å²) < 4.78 is 2.55. The molecule has 0 bridgehead atoms. The molecule has 2 aliphatic rings. The van der Waals surface area contributed by atoms with E-state index in [-0.39, 0.29) is 17.9 Å². The van der Waals surface area contributed by atoms with E-state index in [0.29, 0.717) is 34.2 Å². The number of amides is 2. The molecule has 3 N–H and O–H groups in total. The van der Waals surface area contributed by atoms with Crippen LogP contribution < -0.4 is 11.1 Å². The third-order valence-corrected chi connectivity index (χ3v) is 7.58. The monoisotopic (exact) mass is 533 g/mol. The maximum Gasteiger partial charge on any atom is 0.248 e. The Bertz CT molecular complexity index is 1520. The lowest BCUT2D eigenvalue weighted by molar-refractivity contribution is -0.140. The summed E-state index contributed by atoms with van der Waals surface area (Å²) in [6, 6.07) is 10.3. The quantitative estimate of drug-likeness (QED) is 0.385. The summed E-state index contributed by atoms with van der Waals surface area (Å²) >= 11 is 3.33. The van der Waals surface area contributed by atoms with Crippen molar-refractivity contribution < 1.29 is 9.59 Å². The first-order valence-corrected chi connectivity index (χ1v) is 12.4. The second-order valence-electron chi connectivity index (χ2n) is 9.42. The fraction of sp³-hybridized carbons (Fsp3) is 0.320. The molecule has 1 aromatic carbocycles. The van der Waals surface area contributed by atoms with Crippen LogP contribution in [-0.2, 0) is 9.59 Å². The maximum atomic E-state index is 14.0. The number of nitrogens with zero attached hydrogens (tertiary/aromatic N) is 5. The van der Waals surface area contributed by atoms with Gasteiger partial charge in [-0.25, -0.2) is 15.0 Å². The van der Waals surface area contributed by atoms with Gasteiger partial charge >= 0.3 is 0 Å². The molecule has 178 valence electrons. The topological polar surface area (TPSA) is 119 Å². The number of hydrogen-bond acceptors (Lipinski definition) is 6. The van der Waals surface area contributed by atoms with E-state index >= 15 is 0 Å². The molecule has 1 aliphatic carbocycles. The van der Waals surface area contributed by atoms with E-state index < -0.39 is 12.1 Å². The molecule has 0 spiro atoms. The number of halogens is 1. The summed E-state index contributed by atoms with van der Waals surface area (Å²) in [6.07, 6.45) is 3.01. The van der Waals surface area contributed by atoms with Gasteiger partial charge in [0.1, 0.15) is 40.3 Å². The number of aryl methyl sites for hydroxylation is 1. The van der Waals surface area contributed by atoms with Crippen LogP contribution in [0.15, 0.2) is 47.3 Å². The highest BCUT2D eigenvalue weighted by atomic mass is 79.9. The van der Waals surface area contributed by atoms with E-state index in [9.17, 15) is 9.59 Å². The molecule has 6 rings (SSSR count). The predicted molar refractivity (Wildman–Crippen MR) is 137 cm³/mol. The van der Waals surface area contributed by atoms with Crippen molar-refractivity contribution in [3.63, 3.8) is 0 Å². The van der Waals surface area contributed by atoms with Gasteiger partial charge in [0.15, 0.2) is 0 Å². The van der Waals surface area contributed by atoms with Crippen LogP contribution in [0, 0.1) is 12.8 Å². The van der Waals surface area contributed by atoms with Crippen molar-refractivity contribution in [3.05, 3.63) is 52.9 Å². The molecule has 2 amide bonds. The van der Waals surface area contributed by atoms with Gasteiger partial charge in [-0.3, -0.25) is 9.59 Å². The fourth-order valence-corrected chi connectivity index (χ4v) is 5.76. The summed E-state index contributed by atoms with van der Waals surface area (Å²) in [5.74, 6) is 0.874. The van der Waals surface area contributed by atoms with Gasteiger partial charge in [-0.1, -0.05) is 17.7 Å². The first-order valence-electron chi connectivity index (χ1n) is 11.6. The Balaban J connectivity index is 1.36. The average molecular weight is 534 g/mol. The molecule has 35 heavy (non-hydrogen) atoms. The smallest absolute Gasteiger partial charge is 0.248 e. The highest BCUT2D eigenvalue weighted by molar-refractivity contribution is 9.10. The summed E-state index contributed by atoms with van der Waals surface area (Å²) in [7, 11) is 0. The van der Waals surface area contributed by atoms with Crippen LogP contribution in [0.3, 0.4) is 0 Å². The lowest BCUT2D eigenvalue weighted by Gasteiger charge is -2.30. The number of anilines is 2. The number of carbonyl (C=O) groups excluding carboxylic acids is 2. The summed E-state index contributed by atoms with van der Waals surface area (Å²) in [5.41, 5.74) is 8.80. The third kappa shape index (κ3) is 3.54. The summed E-state index contributed by atoms with van der Waals surface area (Å²) in [5, 5.41) is 4.54. The minimum atomic E-state index is -0.578. The Hall–Kier alpha value is -3.53. The minimum Gasteiger partial charge on any atom is -0.383 e. The number of carbonyl (C=O) groups is 2. The SMILES string of the molecule is Cc1ccc2c(c1)c1c(N)ncnc1n2C(C)C(=O)N1[C@@H]2C[C@@H]2C[C@H]1C(=O)Nc1cccc(Br)n1. The Morgan fingerprint density at radius 1 is 1.20 bits per heavy atom. The molecule has 4 aromatic rings. The molecule has 1 saturated carbocycles. The van der Waals surface area contributed by atoms with Crippen molar-refractivity contribution in [3.8, 4) is 0 Å². The van der Waals surface area contributed by atoms with Gasteiger partial charge < -0.3 is 20.5 Å². The van der Waals surface area contributed by atoms with Crippen molar-refractivity contribution in [1.29, 1.82) is 0 Å². The van der Waals surface area contributed by atoms with Gasteiger partial charge in [-0.15, -0.1) is 0 Å². The number of nitrogen functional groups attached to an aromatic ring is 1. The molecule has 1 saturated heterocycles. The largest absolute Gasteiger partial charge is 0.383 e. The molecule has 0 radical (unpaired) electrons. The lowest BCUT2D eigenvalue weighted by atomic mass is 10.1. The van der Waals surface area contributed by atoms with E-state index in [2.05, 4.69) is 36.2 Å². The predicted octanol–water partition coefficient (Wildman–Crippen LogP) is 3.82. The third-order valence-electron chi connectivity index (χ3n) is 7.14. The van der Waals surface area contributed by atoms with Crippen LogP contribution in [0.1, 0.15) is 31.4 Å². The van der Waals surface area contributed by atoms with Crippen molar-refractivity contribution in [2.75, 3.05) is 11.1 Å². The number of aromatic nitrogens is 4. The molecule has 1 unspecified atom stereocenters. The number of piperidine rings is 1. The first-order chi connectivity index (χ1) is 16.8. The molecular weight excluding hydrogens is 510 g/mol. The number of fused-ring (bicyclic) bond motifs is 4. The van der Waals surface area contributed by atoms with Gasteiger partial charge in [0.05, 0.1) is 10.9 Å². The summed E-state index contributed by atoms with van der Waals surface area (Å²) in [6.45, 7) is 3.87. The Morgan fingerprint density at radius 2 is 2.03 bits per heavy atom. The number of pyridine rings is 1. The van der Waals surface area contributed by atoms with E-state index in [4.69, 9.17) is 5.73 Å². The maximum absolute atomic E-state index is 14.0. The zero-order chi connectivity index (χ0) is 24.4. The van der Waals surface area contributed by atoms with Crippen molar-refractivity contribution >= 4 is 61.3 Å². The second kappa shape index (κ2) is 8.01. The van der Waals surface area contributed by atoms with Gasteiger partial charge in [0.2, 0.25) is 11.8 Å². The van der Waals surface area contributed by atoms with E-state index in [0.717, 1.165) is 28.3 Å². The highest BCUT2D eigenvalue weighted by Gasteiger charge is 2.56. The normalized spacial score (nSPS) is 21.8. The molecule has 10 heteroatoms. The Morgan fingerprint density at radius 3 is 2.83 bits per heavy atom. The van der Waals surface area contributed by atoms with Crippen LogP contribution in [0.25, 0.3) is 21.9 Å². The van der Waals surface area contributed by atoms with E-state index in [1.54, 1.807) is 23.1 Å². The van der Waals surface area contributed by atoms with E-state index in [1.165, 1.54) is 6.33 Å². The molecular formula is C25H24BrN7O2. The van der Waals surface area contributed by atoms with Gasteiger partial charge in [0, 0.05) is 11.4 Å². The molecule has 4 atom stereocenters. The first kappa shape index (κ1) is 22.0. The molecule has 2 fully saturated rings. The molecule has 9 nitrogen and oxygen atoms in total. The summed E-state index contributed by atoms with van der Waals surface area (Å²) in [4.78, 5) is 41.9. The number of rotatable bonds is 4. The van der Waals surface area contributed by atoms with Gasteiger partial charge in [-0.05, 0) is 72.8 Å². The zero-order valence-electron chi connectivity index (χ0n) is 19.3. The molecule has 3 aromatic heterocycles. The number of likely N-dealkylation sites (tertiary alicyclic amines) is 1. The van der Waals surface area contributed by atoms with Crippen molar-refractivity contribution in [2.45, 2.75) is 44.8 Å². The fourth-order valence-electron chi connectivity index (χ4n) is 5.42. The second-order valence-corrected chi connectivity index (χ2v) is 10.2. The standard InChI is InChI=1S/C25H24BrN7O2/c1-12-6-7-16-15(8-12)21-22(27)28-11-29-23(21)32(16)13(2)25(35)33-17-9-14(17)10-18(33)24(34)31-20-5-3-4-19(26)30-20/h3-8,11,13-14,17-18H,9-10H2,1-2H3,(H2,27,28,29)(H,30,31,34)/t13?,14-,17-,18+/m1/s1. The number of benzene rings is 1. The number of nitrogens with one attached hydrogen (secondary N) is 1. The Kier molecular flexibility index (Phi) is 5.03. The molecule has 1 aliphatic heterocycles. The van der Waals surface area contributed by atoms with E-state index in [1.807, 2.05) is 36.6 Å². The lowest BCUT2D eigenvalue weighted by Crippen LogP contribution is -2.47. The van der Waals surface area contributed by atoms with Crippen LogP contribution in [0.2, 0.25) is 0 Å². The zero-order valence-corrected chi connectivity index (χ0v) is 20.9. The van der Waals surface area contributed by atoms with Gasteiger partial charge in [-0.2, -0.15) is 0 Å². The average Bonchev–Trinajstić information content (AvgIpc) is 3.36. The number of hydrogen-bond donors (Lipinski definition) is 2. The minimum absolute atomic E-state index is 0.0891. The van der Waals surface area contributed by atoms with Crippen molar-refractivity contribution in [2.24, 2.45) is 5.92 Å². The van der Waals surface area contributed by atoms with Crippen molar-refractivity contribution in [1.82, 2.24) is 24.4 Å². The molecule has 4 heterocycles. The van der Waals surface area contributed by atoms with Crippen LogP contribution >= 0.6 is 15.9 Å². The number of nitrogens with two attached hydrogens (primary N) is 1. The van der Waals surface area contributed by atoms with Crippen LogP contribution in [0.5, 0.6) is 0 Å². The van der Waals surface area contributed by atoms with Crippen LogP contribution in [0.4, 0.5) is 11.6 Å². The van der Waals surface area contributed by atoms with Crippen LogP contribution in [-0.4, -0.2) is 48.3 Å². The highest BCUT2D eigenvalue weighted by Crippen LogP contribution is 2.49. The Labute approximate surface area is 209 Å².